The van der Waals surface area contributed by atoms with Gasteiger partial charge < -0.3 is 8.83 Å². The Morgan fingerprint density at radius 3 is 1.30 bits per heavy atom. The summed E-state index contributed by atoms with van der Waals surface area (Å²) in [6.45, 7) is 0. The van der Waals surface area contributed by atoms with Crippen LogP contribution in [0.3, 0.4) is 0 Å². The molecule has 0 unspecified atom stereocenters. The SMILES string of the molecule is c1ccc(-c2ccc(-c3ccc(-c4ccc5oc6cccc(-c7ncnc8c7oc7ccc(-c9ccc(-c%10ccccc%10)cc9)cc78)c6c5c4)cc3)cc2)cc1. The van der Waals surface area contributed by atoms with Crippen molar-refractivity contribution >= 4 is 44.0 Å². The maximum absolute atomic E-state index is 6.56. The molecule has 0 atom stereocenters. The fourth-order valence-electron chi connectivity index (χ4n) is 7.98. The van der Waals surface area contributed by atoms with Crippen molar-refractivity contribution in [3.8, 4) is 66.9 Å². The molecule has 4 nitrogen and oxygen atoms in total. The Bertz CT molecular complexity index is 3200. The maximum atomic E-state index is 6.56. The molecule has 0 bridgehead atoms. The first kappa shape index (κ1) is 31.9. The third-order valence-corrected chi connectivity index (χ3v) is 10.9. The quantitative estimate of drug-likeness (QED) is 0.172. The summed E-state index contributed by atoms with van der Waals surface area (Å²) in [4.78, 5) is 9.57. The molecule has 4 heteroatoms. The van der Waals surface area contributed by atoms with Gasteiger partial charge in [0.15, 0.2) is 5.58 Å². The first-order valence-corrected chi connectivity index (χ1v) is 18.8. The second-order valence-corrected chi connectivity index (χ2v) is 14.2. The third kappa shape index (κ3) is 5.47. The number of rotatable bonds is 6. The Kier molecular flexibility index (Phi) is 7.46. The maximum Gasteiger partial charge on any atom is 0.180 e. The van der Waals surface area contributed by atoms with Gasteiger partial charge in [0.05, 0.1) is 0 Å². The molecule has 0 N–H and O–H groups in total. The molecule has 11 rings (SSSR count). The van der Waals surface area contributed by atoms with Gasteiger partial charge in [0, 0.05) is 21.7 Å². The number of furan rings is 2. The molecule has 262 valence electrons. The lowest BCUT2D eigenvalue weighted by atomic mass is 9.96. The average Bonchev–Trinajstić information content (AvgIpc) is 3.85. The third-order valence-electron chi connectivity index (χ3n) is 10.9. The van der Waals surface area contributed by atoms with Crippen molar-refractivity contribution in [3.63, 3.8) is 0 Å². The fraction of sp³-hybridized carbons (Fsp3) is 0. The zero-order chi connectivity index (χ0) is 37.0. The molecule has 0 amide bonds. The van der Waals surface area contributed by atoms with Crippen LogP contribution in [-0.2, 0) is 0 Å². The molecular formula is C52H32N2O2. The van der Waals surface area contributed by atoms with E-state index in [2.05, 4.69) is 158 Å². The van der Waals surface area contributed by atoms with E-state index in [9.17, 15) is 0 Å². The van der Waals surface area contributed by atoms with Gasteiger partial charge in [-0.05, 0) is 86.0 Å². The molecular weight excluding hydrogens is 685 g/mol. The Labute approximate surface area is 323 Å². The van der Waals surface area contributed by atoms with E-state index in [1.165, 1.54) is 33.4 Å². The van der Waals surface area contributed by atoms with E-state index in [1.807, 2.05) is 30.3 Å². The molecule has 0 saturated heterocycles. The minimum absolute atomic E-state index is 0.657. The van der Waals surface area contributed by atoms with E-state index >= 15 is 0 Å². The van der Waals surface area contributed by atoms with Gasteiger partial charge in [-0.1, -0.05) is 158 Å². The second kappa shape index (κ2) is 13.1. The van der Waals surface area contributed by atoms with Crippen LogP contribution in [-0.4, -0.2) is 9.97 Å². The summed E-state index contributed by atoms with van der Waals surface area (Å²) in [6.07, 6.45) is 1.64. The van der Waals surface area contributed by atoms with Crippen molar-refractivity contribution in [3.05, 3.63) is 194 Å². The summed E-state index contributed by atoms with van der Waals surface area (Å²) in [5, 5.41) is 2.98. The highest BCUT2D eigenvalue weighted by Crippen LogP contribution is 2.42. The second-order valence-electron chi connectivity index (χ2n) is 14.2. The highest BCUT2D eigenvalue weighted by atomic mass is 16.3. The summed E-state index contributed by atoms with van der Waals surface area (Å²) in [7, 11) is 0. The molecule has 0 saturated carbocycles. The topological polar surface area (TPSA) is 52.1 Å². The fourth-order valence-corrected chi connectivity index (χ4v) is 7.98. The van der Waals surface area contributed by atoms with Gasteiger partial charge in [-0.2, -0.15) is 0 Å². The average molecular weight is 717 g/mol. The lowest BCUT2D eigenvalue weighted by Crippen LogP contribution is -1.88. The van der Waals surface area contributed by atoms with Crippen LogP contribution in [0.25, 0.3) is 111 Å². The van der Waals surface area contributed by atoms with E-state index in [4.69, 9.17) is 18.8 Å². The van der Waals surface area contributed by atoms with Gasteiger partial charge >= 0.3 is 0 Å². The molecule has 0 radical (unpaired) electrons. The van der Waals surface area contributed by atoms with Crippen molar-refractivity contribution in [1.82, 2.24) is 9.97 Å². The Hall–Kier alpha value is -7.56. The number of hydrogen-bond acceptors (Lipinski definition) is 4. The predicted molar refractivity (Wildman–Crippen MR) is 229 cm³/mol. The van der Waals surface area contributed by atoms with Crippen molar-refractivity contribution < 1.29 is 8.83 Å². The summed E-state index contributed by atoms with van der Waals surface area (Å²) in [5.74, 6) is 0. The van der Waals surface area contributed by atoms with Crippen LogP contribution in [0.1, 0.15) is 0 Å². The highest BCUT2D eigenvalue weighted by molar-refractivity contribution is 6.16. The van der Waals surface area contributed by atoms with Gasteiger partial charge in [-0.3, -0.25) is 0 Å². The Morgan fingerprint density at radius 2 is 0.768 bits per heavy atom. The van der Waals surface area contributed by atoms with Crippen LogP contribution in [0, 0.1) is 0 Å². The number of benzene rings is 8. The standard InChI is InChI=1S/C52H32N2O2/c1-3-8-33(9-4-1)35-14-16-37(17-15-35)38-20-24-39(25-21-38)41-26-28-46-44(30-41)49-43(12-7-13-48(49)55-46)50-52-51(54-32-53-50)45-31-42(27-29-47(45)56-52)40-22-18-36(19-23-40)34-10-5-2-6-11-34/h1-32H. The van der Waals surface area contributed by atoms with Crippen LogP contribution in [0.4, 0.5) is 0 Å². The van der Waals surface area contributed by atoms with Crippen LogP contribution in [0.5, 0.6) is 0 Å². The molecule has 0 fully saturated rings. The van der Waals surface area contributed by atoms with E-state index in [1.54, 1.807) is 6.33 Å². The summed E-state index contributed by atoms with van der Waals surface area (Å²) < 4.78 is 13.0. The van der Waals surface area contributed by atoms with Crippen molar-refractivity contribution in [1.29, 1.82) is 0 Å². The summed E-state index contributed by atoms with van der Waals surface area (Å²) in [5.41, 5.74) is 17.2. The minimum atomic E-state index is 0.657. The molecule has 3 aromatic heterocycles. The van der Waals surface area contributed by atoms with Crippen LogP contribution < -0.4 is 0 Å². The summed E-state index contributed by atoms with van der Waals surface area (Å²) >= 11 is 0. The molecule has 11 aromatic rings. The Balaban J connectivity index is 0.948. The first-order valence-electron chi connectivity index (χ1n) is 18.8. The van der Waals surface area contributed by atoms with E-state index in [0.29, 0.717) is 5.58 Å². The van der Waals surface area contributed by atoms with Gasteiger partial charge in [-0.15, -0.1) is 0 Å². The van der Waals surface area contributed by atoms with E-state index in [0.717, 1.165) is 71.9 Å². The van der Waals surface area contributed by atoms with Gasteiger partial charge in [-0.25, -0.2) is 9.97 Å². The predicted octanol–water partition coefficient (Wildman–Crippen LogP) is 14.3. The molecule has 0 aliphatic rings. The molecule has 8 aromatic carbocycles. The monoisotopic (exact) mass is 716 g/mol. The first-order chi connectivity index (χ1) is 27.7. The summed E-state index contributed by atoms with van der Waals surface area (Å²) in [6, 6.07) is 66.0. The molecule has 0 aliphatic carbocycles. The van der Waals surface area contributed by atoms with Crippen LogP contribution in [0.2, 0.25) is 0 Å². The molecule has 0 spiro atoms. The number of hydrogen-bond donors (Lipinski definition) is 0. The van der Waals surface area contributed by atoms with Crippen molar-refractivity contribution in [2.45, 2.75) is 0 Å². The van der Waals surface area contributed by atoms with Gasteiger partial charge in [0.2, 0.25) is 0 Å². The van der Waals surface area contributed by atoms with Crippen LogP contribution >= 0.6 is 0 Å². The van der Waals surface area contributed by atoms with Crippen molar-refractivity contribution in [2.75, 3.05) is 0 Å². The lowest BCUT2D eigenvalue weighted by molar-refractivity contribution is 0.667. The minimum Gasteiger partial charge on any atom is -0.456 e. The van der Waals surface area contributed by atoms with Crippen molar-refractivity contribution in [2.24, 2.45) is 0 Å². The number of aromatic nitrogens is 2. The Morgan fingerprint density at radius 1 is 0.321 bits per heavy atom. The lowest BCUT2D eigenvalue weighted by Gasteiger charge is -2.07. The number of fused-ring (bicyclic) bond motifs is 6. The highest BCUT2D eigenvalue weighted by Gasteiger charge is 2.20. The van der Waals surface area contributed by atoms with Gasteiger partial charge in [0.1, 0.15) is 34.3 Å². The smallest absolute Gasteiger partial charge is 0.180 e. The zero-order valence-electron chi connectivity index (χ0n) is 30.2. The zero-order valence-corrected chi connectivity index (χ0v) is 30.2. The van der Waals surface area contributed by atoms with Crippen LogP contribution in [0.15, 0.2) is 203 Å². The normalized spacial score (nSPS) is 11.6. The molecule has 56 heavy (non-hydrogen) atoms. The van der Waals surface area contributed by atoms with Gasteiger partial charge in [0.25, 0.3) is 0 Å². The number of nitrogens with zero attached hydrogens (tertiary/aromatic N) is 2. The molecule has 3 heterocycles. The van der Waals surface area contributed by atoms with E-state index < -0.39 is 0 Å². The molecule has 0 aliphatic heterocycles. The largest absolute Gasteiger partial charge is 0.456 e. The van der Waals surface area contributed by atoms with E-state index in [-0.39, 0.29) is 0 Å².